The van der Waals surface area contributed by atoms with Crippen molar-refractivity contribution in [3.8, 4) is 0 Å². The van der Waals surface area contributed by atoms with Crippen LogP contribution >= 0.6 is 0 Å². The van der Waals surface area contributed by atoms with Crippen LogP contribution in [-0.4, -0.2) is 12.1 Å². The lowest BCUT2D eigenvalue weighted by atomic mass is 9.99. The maximum atomic E-state index is 11.3. The molecule has 0 spiro atoms. The summed E-state index contributed by atoms with van der Waals surface area (Å²) in [4.78, 5) is 11.3. The van der Waals surface area contributed by atoms with Gasteiger partial charge in [0.15, 0.2) is 0 Å². The molecule has 0 N–H and O–H groups in total. The molecule has 0 amide bonds. The predicted octanol–water partition coefficient (Wildman–Crippen LogP) is 2.88. The average molecular weight is 216 g/mol. The van der Waals surface area contributed by atoms with E-state index < -0.39 is 0 Å². The number of ether oxygens (including phenoxy) is 1. The molecule has 2 nitrogen and oxygen atoms in total. The summed E-state index contributed by atoms with van der Waals surface area (Å²) in [6.45, 7) is 3.67. The van der Waals surface area contributed by atoms with Crippen molar-refractivity contribution in [1.29, 1.82) is 0 Å². The second-order valence-electron chi connectivity index (χ2n) is 4.19. The van der Waals surface area contributed by atoms with Crippen LogP contribution in [0, 0.1) is 0 Å². The van der Waals surface area contributed by atoms with Crippen LogP contribution in [-0.2, 0) is 16.0 Å². The number of hydrogen-bond donors (Lipinski definition) is 0. The van der Waals surface area contributed by atoms with Gasteiger partial charge >= 0.3 is 5.97 Å². The van der Waals surface area contributed by atoms with Crippen LogP contribution in [0.2, 0.25) is 0 Å². The molecule has 0 bridgehead atoms. The van der Waals surface area contributed by atoms with Crippen LogP contribution in [0.4, 0.5) is 0 Å². The van der Waals surface area contributed by atoms with E-state index in [1.807, 2.05) is 18.2 Å². The van der Waals surface area contributed by atoms with Crippen molar-refractivity contribution in [2.45, 2.75) is 31.8 Å². The lowest BCUT2D eigenvalue weighted by Crippen LogP contribution is -2.25. The van der Waals surface area contributed by atoms with Crippen molar-refractivity contribution in [1.82, 2.24) is 0 Å². The third-order valence-corrected chi connectivity index (χ3v) is 2.93. The van der Waals surface area contributed by atoms with E-state index in [2.05, 4.69) is 18.7 Å². The molecule has 16 heavy (non-hydrogen) atoms. The highest BCUT2D eigenvalue weighted by Gasteiger charge is 2.22. The zero-order chi connectivity index (χ0) is 11.4. The number of aryl methyl sites for hydroxylation is 1. The second kappa shape index (κ2) is 4.97. The number of benzene rings is 1. The lowest BCUT2D eigenvalue weighted by Gasteiger charge is -2.23. The summed E-state index contributed by atoms with van der Waals surface area (Å²) in [6.07, 6.45) is 3.63. The van der Waals surface area contributed by atoms with E-state index in [4.69, 9.17) is 4.74 Å². The van der Waals surface area contributed by atoms with Crippen LogP contribution in [0.25, 0.3) is 0 Å². The number of esters is 1. The first kappa shape index (κ1) is 10.9. The van der Waals surface area contributed by atoms with Gasteiger partial charge in [0.05, 0.1) is 0 Å². The van der Waals surface area contributed by atoms with Gasteiger partial charge in [-0.3, -0.25) is 0 Å². The second-order valence-corrected chi connectivity index (χ2v) is 4.19. The minimum Gasteiger partial charge on any atom is -0.459 e. The van der Waals surface area contributed by atoms with Gasteiger partial charge in [0.25, 0.3) is 0 Å². The van der Waals surface area contributed by atoms with Gasteiger partial charge in [0, 0.05) is 5.57 Å². The third-order valence-electron chi connectivity index (χ3n) is 2.93. The van der Waals surface area contributed by atoms with Crippen molar-refractivity contribution in [3.05, 3.63) is 48.0 Å². The van der Waals surface area contributed by atoms with Crippen molar-refractivity contribution in [2.24, 2.45) is 0 Å². The van der Waals surface area contributed by atoms with E-state index in [1.165, 1.54) is 5.56 Å². The minimum absolute atomic E-state index is 0.0678. The molecule has 1 atom stereocenters. The molecule has 1 aliphatic rings. The Balaban J connectivity index is 1.83. The lowest BCUT2D eigenvalue weighted by molar-refractivity contribution is -0.147. The van der Waals surface area contributed by atoms with Gasteiger partial charge in [-0.2, -0.15) is 0 Å². The number of carbonyl (C=O) groups excluding carboxylic acids is 1. The summed E-state index contributed by atoms with van der Waals surface area (Å²) in [5, 5.41) is 0. The molecule has 1 heterocycles. The Morgan fingerprint density at radius 3 is 2.75 bits per heavy atom. The first-order chi connectivity index (χ1) is 7.75. The fourth-order valence-electron chi connectivity index (χ4n) is 1.91. The van der Waals surface area contributed by atoms with E-state index in [0.29, 0.717) is 5.57 Å². The van der Waals surface area contributed by atoms with E-state index in [-0.39, 0.29) is 12.1 Å². The molecule has 1 aliphatic heterocycles. The van der Waals surface area contributed by atoms with Gasteiger partial charge in [-0.1, -0.05) is 36.9 Å². The third kappa shape index (κ3) is 2.72. The Kier molecular flexibility index (Phi) is 3.40. The van der Waals surface area contributed by atoms with Gasteiger partial charge in [-0.25, -0.2) is 4.79 Å². The SMILES string of the molecule is C=C1CCC(CCc2ccccc2)OC1=O. The van der Waals surface area contributed by atoms with Gasteiger partial charge in [-0.15, -0.1) is 0 Å². The van der Waals surface area contributed by atoms with Crippen LogP contribution < -0.4 is 0 Å². The van der Waals surface area contributed by atoms with Gasteiger partial charge < -0.3 is 4.74 Å². The smallest absolute Gasteiger partial charge is 0.333 e. The van der Waals surface area contributed by atoms with E-state index in [9.17, 15) is 4.79 Å². The molecule has 1 fully saturated rings. The highest BCUT2D eigenvalue weighted by molar-refractivity contribution is 5.88. The molecule has 2 rings (SSSR count). The summed E-state index contributed by atoms with van der Waals surface area (Å²) in [6, 6.07) is 10.3. The summed E-state index contributed by atoms with van der Waals surface area (Å²) >= 11 is 0. The molecule has 0 radical (unpaired) electrons. The minimum atomic E-state index is -0.218. The molecule has 1 aromatic rings. The van der Waals surface area contributed by atoms with E-state index in [0.717, 1.165) is 25.7 Å². The molecule has 84 valence electrons. The molecule has 0 aliphatic carbocycles. The summed E-state index contributed by atoms with van der Waals surface area (Å²) in [5.74, 6) is -0.218. The van der Waals surface area contributed by atoms with Crippen molar-refractivity contribution in [2.75, 3.05) is 0 Å². The maximum Gasteiger partial charge on any atom is 0.333 e. The number of cyclic esters (lactones) is 1. The number of carbonyl (C=O) groups is 1. The quantitative estimate of drug-likeness (QED) is 0.573. The first-order valence-corrected chi connectivity index (χ1v) is 5.68. The normalized spacial score (nSPS) is 20.6. The highest BCUT2D eigenvalue weighted by Crippen LogP contribution is 2.21. The molecule has 2 heteroatoms. The van der Waals surface area contributed by atoms with E-state index in [1.54, 1.807) is 0 Å². The Morgan fingerprint density at radius 2 is 2.06 bits per heavy atom. The van der Waals surface area contributed by atoms with Crippen molar-refractivity contribution in [3.63, 3.8) is 0 Å². The zero-order valence-corrected chi connectivity index (χ0v) is 9.32. The summed E-state index contributed by atoms with van der Waals surface area (Å²) in [7, 11) is 0. The molecular weight excluding hydrogens is 200 g/mol. The molecule has 0 aromatic heterocycles. The van der Waals surface area contributed by atoms with Crippen LogP contribution in [0.5, 0.6) is 0 Å². The molecule has 1 unspecified atom stereocenters. The summed E-state index contributed by atoms with van der Waals surface area (Å²) in [5.41, 5.74) is 1.90. The highest BCUT2D eigenvalue weighted by atomic mass is 16.5. The van der Waals surface area contributed by atoms with Crippen LogP contribution in [0.3, 0.4) is 0 Å². The Bertz CT molecular complexity index is 381. The number of hydrogen-bond acceptors (Lipinski definition) is 2. The standard InChI is InChI=1S/C14H16O2/c1-11-7-9-13(16-14(11)15)10-8-12-5-3-2-4-6-12/h2-6,13H,1,7-10H2. The molecule has 1 saturated heterocycles. The van der Waals surface area contributed by atoms with Gasteiger partial charge in [0.2, 0.25) is 0 Å². The molecule has 1 aromatic carbocycles. The average Bonchev–Trinajstić information content (AvgIpc) is 2.32. The van der Waals surface area contributed by atoms with Crippen LogP contribution in [0.15, 0.2) is 42.5 Å². The predicted molar refractivity (Wildman–Crippen MR) is 63.0 cm³/mol. The van der Waals surface area contributed by atoms with E-state index >= 15 is 0 Å². The number of rotatable bonds is 3. The Hall–Kier alpha value is -1.57. The molecule has 0 saturated carbocycles. The fraction of sp³-hybridized carbons (Fsp3) is 0.357. The van der Waals surface area contributed by atoms with Gasteiger partial charge in [-0.05, 0) is 31.2 Å². The topological polar surface area (TPSA) is 26.3 Å². The molecular formula is C14H16O2. The Morgan fingerprint density at radius 1 is 1.31 bits per heavy atom. The zero-order valence-electron chi connectivity index (χ0n) is 9.32. The van der Waals surface area contributed by atoms with Crippen LogP contribution in [0.1, 0.15) is 24.8 Å². The monoisotopic (exact) mass is 216 g/mol. The van der Waals surface area contributed by atoms with Gasteiger partial charge in [0.1, 0.15) is 6.10 Å². The van der Waals surface area contributed by atoms with Crippen molar-refractivity contribution < 1.29 is 9.53 Å². The Labute approximate surface area is 95.9 Å². The largest absolute Gasteiger partial charge is 0.459 e. The van der Waals surface area contributed by atoms with Crippen molar-refractivity contribution >= 4 is 5.97 Å². The maximum absolute atomic E-state index is 11.3. The first-order valence-electron chi connectivity index (χ1n) is 5.68. The fourth-order valence-corrected chi connectivity index (χ4v) is 1.91. The summed E-state index contributed by atoms with van der Waals surface area (Å²) < 4.78 is 5.28.